The molecule has 0 radical (unpaired) electrons. The van der Waals surface area contributed by atoms with E-state index in [1.807, 2.05) is 18.2 Å². The molecule has 33 heavy (non-hydrogen) atoms. The van der Waals surface area contributed by atoms with Crippen molar-refractivity contribution in [1.29, 1.82) is 0 Å². The Balaban J connectivity index is 1.62. The average molecular weight is 467 g/mol. The molecular formula is C25H27FN2O4Si. The quantitative estimate of drug-likeness (QED) is 0.356. The smallest absolute Gasteiger partial charge is 0.343 e. The lowest BCUT2D eigenvalue weighted by Crippen LogP contribution is -2.44. The lowest BCUT2D eigenvalue weighted by atomic mass is 9.86. The van der Waals surface area contributed by atoms with Gasteiger partial charge in [-0.05, 0) is 42.3 Å². The number of rotatable bonds is 4. The van der Waals surface area contributed by atoms with Crippen LogP contribution in [0, 0.1) is 0 Å². The second kappa shape index (κ2) is 7.33. The van der Waals surface area contributed by atoms with Gasteiger partial charge in [-0.15, -0.1) is 0 Å². The highest BCUT2D eigenvalue weighted by atomic mass is 28.3. The van der Waals surface area contributed by atoms with E-state index in [1.54, 1.807) is 23.6 Å². The summed E-state index contributed by atoms with van der Waals surface area (Å²) >= 11 is 0. The molecule has 0 fully saturated rings. The first-order valence-electron chi connectivity index (χ1n) is 11.3. The van der Waals surface area contributed by atoms with Gasteiger partial charge < -0.3 is 14.4 Å². The predicted molar refractivity (Wildman–Crippen MR) is 127 cm³/mol. The molecule has 0 saturated carbocycles. The van der Waals surface area contributed by atoms with Gasteiger partial charge in [-0.3, -0.25) is 4.79 Å². The van der Waals surface area contributed by atoms with E-state index >= 15 is 0 Å². The van der Waals surface area contributed by atoms with Gasteiger partial charge in [-0.25, -0.2) is 14.2 Å². The van der Waals surface area contributed by atoms with Gasteiger partial charge in [0.2, 0.25) is 0 Å². The van der Waals surface area contributed by atoms with E-state index in [-0.39, 0.29) is 18.6 Å². The summed E-state index contributed by atoms with van der Waals surface area (Å²) < 4.78 is 21.6. The van der Waals surface area contributed by atoms with Crippen LogP contribution in [0.1, 0.15) is 41.8 Å². The number of halogens is 1. The van der Waals surface area contributed by atoms with Crippen LogP contribution in [-0.4, -0.2) is 28.7 Å². The number of carbonyl (C=O) groups excluding carboxylic acids is 1. The number of aliphatic hydroxyl groups is 1. The van der Waals surface area contributed by atoms with Crippen molar-refractivity contribution in [2.75, 3.05) is 0 Å². The van der Waals surface area contributed by atoms with Crippen LogP contribution >= 0.6 is 0 Å². The van der Waals surface area contributed by atoms with Crippen molar-refractivity contribution in [2.24, 2.45) is 0 Å². The summed E-state index contributed by atoms with van der Waals surface area (Å²) in [7, 11) is -1.55. The molecule has 2 aliphatic heterocycles. The fourth-order valence-electron chi connectivity index (χ4n) is 4.85. The maximum Gasteiger partial charge on any atom is 0.343 e. The minimum Gasteiger partial charge on any atom is -0.458 e. The molecule has 3 aromatic rings. The zero-order chi connectivity index (χ0) is 23.7. The van der Waals surface area contributed by atoms with E-state index in [9.17, 15) is 19.1 Å². The SMILES string of the molecule is CC[C@@]1(O)C(=O)OCc2c1cc1n(c2=O)Cc2cc3cc(C(F)C[Si](C)(C)C)ccc3nc2-1. The number of benzene rings is 1. The number of aromatic nitrogens is 2. The summed E-state index contributed by atoms with van der Waals surface area (Å²) in [5.41, 5.74) is 1.90. The van der Waals surface area contributed by atoms with E-state index in [1.165, 1.54) is 0 Å². The lowest BCUT2D eigenvalue weighted by molar-refractivity contribution is -0.172. The van der Waals surface area contributed by atoms with Crippen LogP contribution in [0.25, 0.3) is 22.3 Å². The molecule has 2 aromatic heterocycles. The normalized spacial score (nSPS) is 20.2. The van der Waals surface area contributed by atoms with Gasteiger partial charge in [0.1, 0.15) is 12.8 Å². The molecule has 0 spiro atoms. The van der Waals surface area contributed by atoms with E-state index in [4.69, 9.17) is 9.72 Å². The zero-order valence-electron chi connectivity index (χ0n) is 19.2. The van der Waals surface area contributed by atoms with E-state index < -0.39 is 25.8 Å². The van der Waals surface area contributed by atoms with Gasteiger partial charge in [0, 0.05) is 24.6 Å². The molecular weight excluding hydrogens is 439 g/mol. The van der Waals surface area contributed by atoms with E-state index in [0.717, 1.165) is 10.9 Å². The Bertz CT molecular complexity index is 1380. The number of nitrogens with zero attached hydrogens (tertiary/aromatic N) is 2. The third-order valence-electron chi connectivity index (χ3n) is 6.68. The fourth-order valence-corrected chi connectivity index (χ4v) is 6.17. The van der Waals surface area contributed by atoms with Gasteiger partial charge in [0.05, 0.1) is 29.0 Å². The van der Waals surface area contributed by atoms with Gasteiger partial charge in [-0.1, -0.05) is 32.6 Å². The van der Waals surface area contributed by atoms with Crippen LogP contribution in [0.5, 0.6) is 0 Å². The Morgan fingerprint density at radius 2 is 2.00 bits per heavy atom. The van der Waals surface area contributed by atoms with Crippen LogP contribution in [0.2, 0.25) is 25.7 Å². The number of esters is 1. The third-order valence-corrected chi connectivity index (χ3v) is 8.27. The molecule has 1 aromatic carbocycles. The number of fused-ring (bicyclic) bond motifs is 5. The van der Waals surface area contributed by atoms with Crippen molar-refractivity contribution < 1.29 is 19.0 Å². The van der Waals surface area contributed by atoms with Gasteiger partial charge in [-0.2, -0.15) is 0 Å². The van der Waals surface area contributed by atoms with Crippen molar-refractivity contribution in [3.05, 3.63) is 62.9 Å². The Hall–Kier alpha value is -2.84. The van der Waals surface area contributed by atoms with Crippen LogP contribution in [0.3, 0.4) is 0 Å². The molecule has 0 amide bonds. The Labute approximate surface area is 192 Å². The number of alkyl halides is 1. The Morgan fingerprint density at radius 3 is 2.70 bits per heavy atom. The molecule has 172 valence electrons. The first-order valence-corrected chi connectivity index (χ1v) is 15.0. The molecule has 5 rings (SSSR count). The lowest BCUT2D eigenvalue weighted by Gasteiger charge is -2.31. The molecule has 2 aliphatic rings. The van der Waals surface area contributed by atoms with Gasteiger partial charge in [0.25, 0.3) is 5.56 Å². The summed E-state index contributed by atoms with van der Waals surface area (Å²) in [5, 5.41) is 11.8. The Morgan fingerprint density at radius 1 is 1.24 bits per heavy atom. The molecule has 8 heteroatoms. The minimum atomic E-state index is -1.84. The molecule has 0 aliphatic carbocycles. The average Bonchev–Trinajstić information content (AvgIpc) is 3.11. The predicted octanol–water partition coefficient (Wildman–Crippen LogP) is 4.43. The second-order valence-corrected chi connectivity index (χ2v) is 15.8. The highest BCUT2D eigenvalue weighted by molar-refractivity contribution is 6.76. The van der Waals surface area contributed by atoms with E-state index in [2.05, 4.69) is 19.6 Å². The maximum absolute atomic E-state index is 14.9. The molecule has 1 N–H and O–H groups in total. The highest BCUT2D eigenvalue weighted by Gasteiger charge is 2.45. The van der Waals surface area contributed by atoms with Crippen LogP contribution in [0.15, 0.2) is 35.1 Å². The molecule has 4 heterocycles. The summed E-state index contributed by atoms with van der Waals surface area (Å²) in [5.74, 6) is -0.738. The number of hydrogen-bond acceptors (Lipinski definition) is 5. The summed E-state index contributed by atoms with van der Waals surface area (Å²) in [4.78, 5) is 30.3. The molecule has 1 unspecified atom stereocenters. The fraction of sp³-hybridized carbons (Fsp3) is 0.400. The zero-order valence-corrected chi connectivity index (χ0v) is 20.2. The number of carbonyl (C=O) groups is 1. The molecule has 6 nitrogen and oxygen atoms in total. The Kier molecular flexibility index (Phi) is 4.88. The third kappa shape index (κ3) is 3.43. The molecule has 0 saturated heterocycles. The van der Waals surface area contributed by atoms with Crippen molar-refractivity contribution in [2.45, 2.75) is 64.0 Å². The molecule has 2 atom stereocenters. The first-order chi connectivity index (χ1) is 15.5. The van der Waals surface area contributed by atoms with Crippen LogP contribution in [0.4, 0.5) is 4.39 Å². The minimum absolute atomic E-state index is 0.102. The number of hydrogen-bond donors (Lipinski definition) is 1. The summed E-state index contributed by atoms with van der Waals surface area (Å²) in [6, 6.07) is 9.68. The van der Waals surface area contributed by atoms with Crippen LogP contribution in [-0.2, 0) is 28.3 Å². The van der Waals surface area contributed by atoms with Gasteiger partial charge >= 0.3 is 5.97 Å². The number of pyridine rings is 2. The van der Waals surface area contributed by atoms with Crippen molar-refractivity contribution >= 4 is 24.9 Å². The maximum atomic E-state index is 14.9. The van der Waals surface area contributed by atoms with Gasteiger partial charge in [0.15, 0.2) is 5.60 Å². The van der Waals surface area contributed by atoms with Crippen molar-refractivity contribution in [3.8, 4) is 11.4 Å². The topological polar surface area (TPSA) is 81.4 Å². The highest BCUT2D eigenvalue weighted by Crippen LogP contribution is 2.39. The number of cyclic esters (lactones) is 1. The summed E-state index contributed by atoms with van der Waals surface area (Å²) in [6.07, 6.45) is -0.908. The van der Waals surface area contributed by atoms with Crippen molar-refractivity contribution in [1.82, 2.24) is 9.55 Å². The second-order valence-electron chi connectivity index (χ2n) is 10.3. The largest absolute Gasteiger partial charge is 0.458 e. The number of ether oxygens (including phenoxy) is 1. The van der Waals surface area contributed by atoms with Crippen molar-refractivity contribution in [3.63, 3.8) is 0 Å². The summed E-state index contributed by atoms with van der Waals surface area (Å²) in [6.45, 7) is 8.32. The van der Waals surface area contributed by atoms with Crippen LogP contribution < -0.4 is 5.56 Å². The monoisotopic (exact) mass is 466 g/mol. The standard InChI is InChI=1S/C25H27FN2O4Si/c1-5-25(31)18-10-21-22-16(11-28(21)23(29)17(18)12-32-24(25)30)9-15-8-14(6-7-20(15)27-22)19(26)13-33(2,3)4/h6-10,19,31H,5,11-13H2,1-4H3/t19?,25-/m0/s1. The van der Waals surface area contributed by atoms with E-state index in [0.29, 0.717) is 46.2 Å². The first kappa shape index (κ1) is 22.0. The molecule has 0 bridgehead atoms.